The lowest BCUT2D eigenvalue weighted by Gasteiger charge is -2.35. The largest absolute Gasteiger partial charge is 0.348 e. The number of nitrogens with one attached hydrogen (secondary N) is 1. The van der Waals surface area contributed by atoms with Crippen molar-refractivity contribution in [2.75, 3.05) is 26.2 Å². The Morgan fingerprint density at radius 2 is 2.07 bits per heavy atom. The van der Waals surface area contributed by atoms with Crippen molar-refractivity contribution in [3.05, 3.63) is 35.4 Å². The van der Waals surface area contributed by atoms with Gasteiger partial charge in [0.1, 0.15) is 0 Å². The monoisotopic (exact) mass is 396 g/mol. The number of amides is 3. The molecular weight excluding hydrogens is 368 g/mol. The Balaban J connectivity index is 1.63. The average molecular weight is 396 g/mol. The Hall–Kier alpha value is -2.88. The molecule has 2 fully saturated rings. The van der Waals surface area contributed by atoms with Crippen LogP contribution in [0.3, 0.4) is 0 Å². The van der Waals surface area contributed by atoms with Crippen LogP contribution in [0.4, 0.5) is 0 Å². The first-order chi connectivity index (χ1) is 14.0. The molecule has 2 aliphatic heterocycles. The van der Waals surface area contributed by atoms with Crippen LogP contribution in [0.25, 0.3) is 0 Å². The van der Waals surface area contributed by atoms with Crippen molar-refractivity contribution in [2.24, 2.45) is 5.92 Å². The number of nitriles is 1. The fourth-order valence-electron chi connectivity index (χ4n) is 4.14. The first-order valence-corrected chi connectivity index (χ1v) is 10.4. The summed E-state index contributed by atoms with van der Waals surface area (Å²) in [6, 6.07) is 8.55. The van der Waals surface area contributed by atoms with E-state index in [2.05, 4.69) is 5.32 Å². The van der Waals surface area contributed by atoms with Crippen LogP contribution in [0, 0.1) is 17.2 Å². The molecule has 1 aromatic rings. The maximum atomic E-state index is 13.1. The summed E-state index contributed by atoms with van der Waals surface area (Å²) in [6.07, 6.45) is 3.69. The van der Waals surface area contributed by atoms with E-state index in [0.29, 0.717) is 50.1 Å². The third-order valence-corrected chi connectivity index (χ3v) is 5.80. The fraction of sp³-hybridized carbons (Fsp3) is 0.545. The van der Waals surface area contributed by atoms with Crippen LogP contribution in [0.1, 0.15) is 54.9 Å². The van der Waals surface area contributed by atoms with Crippen molar-refractivity contribution < 1.29 is 14.4 Å². The third kappa shape index (κ3) is 5.14. The second kappa shape index (κ2) is 9.55. The summed E-state index contributed by atoms with van der Waals surface area (Å²) >= 11 is 0. The van der Waals surface area contributed by atoms with Crippen LogP contribution < -0.4 is 5.32 Å². The third-order valence-electron chi connectivity index (χ3n) is 5.80. The van der Waals surface area contributed by atoms with Crippen molar-refractivity contribution >= 4 is 17.7 Å². The molecule has 7 heteroatoms. The molecule has 0 saturated carbocycles. The minimum atomic E-state index is -0.221. The minimum absolute atomic E-state index is 0.0866. The Morgan fingerprint density at radius 1 is 1.24 bits per heavy atom. The topological polar surface area (TPSA) is 93.5 Å². The van der Waals surface area contributed by atoms with Crippen molar-refractivity contribution in [2.45, 2.75) is 45.1 Å². The van der Waals surface area contributed by atoms with Crippen molar-refractivity contribution in [1.29, 1.82) is 5.26 Å². The molecule has 0 radical (unpaired) electrons. The number of piperidine rings is 1. The van der Waals surface area contributed by atoms with E-state index < -0.39 is 0 Å². The molecule has 0 bridgehead atoms. The zero-order chi connectivity index (χ0) is 20.8. The molecule has 0 aliphatic carbocycles. The highest BCUT2D eigenvalue weighted by Crippen LogP contribution is 2.22. The lowest BCUT2D eigenvalue weighted by Crippen LogP contribution is -2.50. The van der Waals surface area contributed by atoms with Crippen molar-refractivity contribution in [1.82, 2.24) is 15.1 Å². The highest BCUT2D eigenvalue weighted by Gasteiger charge is 2.33. The van der Waals surface area contributed by atoms with Crippen molar-refractivity contribution in [3.63, 3.8) is 0 Å². The summed E-state index contributed by atoms with van der Waals surface area (Å²) in [5.41, 5.74) is 0.901. The summed E-state index contributed by atoms with van der Waals surface area (Å²) in [7, 11) is 0. The van der Waals surface area contributed by atoms with E-state index in [1.165, 1.54) is 0 Å². The van der Waals surface area contributed by atoms with Gasteiger partial charge >= 0.3 is 0 Å². The molecule has 7 nitrogen and oxygen atoms in total. The van der Waals surface area contributed by atoms with Crippen LogP contribution >= 0.6 is 0 Å². The molecule has 3 amide bonds. The number of carbonyl (C=O) groups excluding carboxylic acids is 3. The second-order valence-electron chi connectivity index (χ2n) is 7.81. The van der Waals surface area contributed by atoms with E-state index in [1.807, 2.05) is 17.9 Å². The molecule has 29 heavy (non-hydrogen) atoms. The predicted molar refractivity (Wildman–Crippen MR) is 108 cm³/mol. The zero-order valence-corrected chi connectivity index (χ0v) is 16.9. The van der Waals surface area contributed by atoms with Gasteiger partial charge in [-0.15, -0.1) is 0 Å². The van der Waals surface area contributed by atoms with Gasteiger partial charge in [0, 0.05) is 44.2 Å². The van der Waals surface area contributed by atoms with Crippen molar-refractivity contribution in [3.8, 4) is 6.07 Å². The van der Waals surface area contributed by atoms with Gasteiger partial charge in [0.05, 0.1) is 17.6 Å². The average Bonchev–Trinajstić information content (AvgIpc) is 2.99. The highest BCUT2D eigenvalue weighted by atomic mass is 16.2. The highest BCUT2D eigenvalue weighted by molar-refractivity contribution is 5.94. The number of hydrogen-bond donors (Lipinski definition) is 1. The van der Waals surface area contributed by atoms with Gasteiger partial charge in [0.2, 0.25) is 11.8 Å². The van der Waals surface area contributed by atoms with Crippen LogP contribution in [-0.2, 0) is 9.59 Å². The van der Waals surface area contributed by atoms with E-state index in [9.17, 15) is 14.4 Å². The normalized spacial score (nSPS) is 22.6. The maximum absolute atomic E-state index is 13.1. The quantitative estimate of drug-likeness (QED) is 0.841. The Bertz CT molecular complexity index is 817. The summed E-state index contributed by atoms with van der Waals surface area (Å²) in [6.45, 7) is 4.22. The molecule has 3 rings (SSSR count). The van der Waals surface area contributed by atoms with Gasteiger partial charge in [-0.2, -0.15) is 5.26 Å². The SMILES string of the molecule is CCN1CC(C(=O)N2CCCCC(NC(=O)c3cccc(C#N)c3)C2)CCC1=O. The Labute approximate surface area is 171 Å². The molecule has 2 saturated heterocycles. The number of nitrogens with zero attached hydrogens (tertiary/aromatic N) is 3. The summed E-state index contributed by atoms with van der Waals surface area (Å²) in [5, 5.41) is 12.1. The number of likely N-dealkylation sites (tertiary alicyclic amines) is 2. The smallest absolute Gasteiger partial charge is 0.251 e. The lowest BCUT2D eigenvalue weighted by molar-refractivity contribution is -0.143. The molecule has 154 valence electrons. The summed E-state index contributed by atoms with van der Waals surface area (Å²) < 4.78 is 0. The number of benzene rings is 1. The molecule has 0 aromatic heterocycles. The van der Waals surface area contributed by atoms with E-state index >= 15 is 0 Å². The predicted octanol–water partition coefficient (Wildman–Crippen LogP) is 1.93. The first-order valence-electron chi connectivity index (χ1n) is 10.4. The van der Waals surface area contributed by atoms with E-state index in [-0.39, 0.29) is 29.7 Å². The van der Waals surface area contributed by atoms with E-state index in [0.717, 1.165) is 19.3 Å². The molecule has 1 aromatic carbocycles. The zero-order valence-electron chi connectivity index (χ0n) is 16.9. The van der Waals surface area contributed by atoms with Crippen LogP contribution in [0.15, 0.2) is 24.3 Å². The first kappa shape index (κ1) is 20.8. The molecule has 2 atom stereocenters. The number of carbonyl (C=O) groups is 3. The number of rotatable bonds is 4. The molecule has 2 heterocycles. The molecule has 1 N–H and O–H groups in total. The molecule has 2 unspecified atom stereocenters. The standard InChI is InChI=1S/C22H28N4O3/c1-2-25-14-18(9-10-20(25)27)22(29)26-11-4-3-8-19(15-26)24-21(28)17-7-5-6-16(12-17)13-23/h5-7,12,18-19H,2-4,8-11,14-15H2,1H3,(H,24,28). The second-order valence-corrected chi connectivity index (χ2v) is 7.81. The van der Waals surface area contributed by atoms with Gasteiger partial charge in [-0.3, -0.25) is 14.4 Å². The van der Waals surface area contributed by atoms with Crippen LogP contribution in [-0.4, -0.2) is 59.7 Å². The van der Waals surface area contributed by atoms with Gasteiger partial charge < -0.3 is 15.1 Å². The molecular formula is C22H28N4O3. The van der Waals surface area contributed by atoms with Gasteiger partial charge in [-0.25, -0.2) is 0 Å². The minimum Gasteiger partial charge on any atom is -0.348 e. The van der Waals surface area contributed by atoms with Gasteiger partial charge in [0.25, 0.3) is 5.91 Å². The van der Waals surface area contributed by atoms with Gasteiger partial charge in [0.15, 0.2) is 0 Å². The van der Waals surface area contributed by atoms with Crippen LogP contribution in [0.2, 0.25) is 0 Å². The Kier molecular flexibility index (Phi) is 6.86. The van der Waals surface area contributed by atoms with Gasteiger partial charge in [-0.05, 0) is 50.8 Å². The van der Waals surface area contributed by atoms with E-state index in [1.54, 1.807) is 29.2 Å². The fourth-order valence-corrected chi connectivity index (χ4v) is 4.14. The van der Waals surface area contributed by atoms with Crippen LogP contribution in [0.5, 0.6) is 0 Å². The molecule has 0 spiro atoms. The van der Waals surface area contributed by atoms with Gasteiger partial charge in [-0.1, -0.05) is 6.07 Å². The Morgan fingerprint density at radius 3 is 2.83 bits per heavy atom. The summed E-state index contributed by atoms with van der Waals surface area (Å²) in [5.74, 6) is -0.169. The number of hydrogen-bond acceptors (Lipinski definition) is 4. The van der Waals surface area contributed by atoms with E-state index in [4.69, 9.17) is 5.26 Å². The summed E-state index contributed by atoms with van der Waals surface area (Å²) in [4.78, 5) is 41.2. The maximum Gasteiger partial charge on any atom is 0.251 e. The molecule has 2 aliphatic rings. The lowest BCUT2D eigenvalue weighted by atomic mass is 9.95.